The van der Waals surface area contributed by atoms with E-state index in [1.807, 2.05) is 30.3 Å². The standard InChI is InChI=1S/C25H19F3N2O2/c1-32-22-11-12-23-19(14-22)13-20(16-30(31)15-17-5-3-2-4-6-17)24(29-23)18-7-9-21(10-8-18)25(26,27)28/h2-14,16H,15H2,1H3/b30-16-. The van der Waals surface area contributed by atoms with E-state index in [0.29, 0.717) is 28.1 Å². The number of aromatic nitrogens is 1. The molecule has 0 amide bonds. The van der Waals surface area contributed by atoms with Gasteiger partial charge in [0.1, 0.15) is 5.75 Å². The fraction of sp³-hybridized carbons (Fsp3) is 0.120. The number of alkyl halides is 3. The van der Waals surface area contributed by atoms with Crippen molar-refractivity contribution in [1.29, 1.82) is 0 Å². The van der Waals surface area contributed by atoms with Crippen molar-refractivity contribution in [2.45, 2.75) is 12.7 Å². The highest BCUT2D eigenvalue weighted by atomic mass is 19.4. The molecule has 0 bridgehead atoms. The van der Waals surface area contributed by atoms with Crippen molar-refractivity contribution in [2.75, 3.05) is 7.11 Å². The number of hydrogen-bond donors (Lipinski definition) is 0. The number of methoxy groups -OCH3 is 1. The zero-order chi connectivity index (χ0) is 22.7. The summed E-state index contributed by atoms with van der Waals surface area (Å²) in [7, 11) is 1.55. The van der Waals surface area contributed by atoms with Crippen LogP contribution in [-0.2, 0) is 12.7 Å². The van der Waals surface area contributed by atoms with Crippen LogP contribution in [0.3, 0.4) is 0 Å². The van der Waals surface area contributed by atoms with E-state index in [0.717, 1.165) is 27.8 Å². The lowest BCUT2D eigenvalue weighted by atomic mass is 10.0. The molecule has 0 saturated heterocycles. The van der Waals surface area contributed by atoms with Gasteiger partial charge in [-0.3, -0.25) is 0 Å². The Morgan fingerprint density at radius 1 is 0.969 bits per heavy atom. The summed E-state index contributed by atoms with van der Waals surface area (Å²) in [5, 5.41) is 13.4. The van der Waals surface area contributed by atoms with Gasteiger partial charge in [0, 0.05) is 16.5 Å². The van der Waals surface area contributed by atoms with Crippen LogP contribution in [0.15, 0.2) is 78.9 Å². The van der Waals surface area contributed by atoms with Crippen molar-refractivity contribution in [1.82, 2.24) is 4.98 Å². The number of rotatable bonds is 5. The van der Waals surface area contributed by atoms with Crippen LogP contribution in [0.1, 0.15) is 16.7 Å². The van der Waals surface area contributed by atoms with Gasteiger partial charge in [0.05, 0.1) is 29.4 Å². The predicted molar refractivity (Wildman–Crippen MR) is 118 cm³/mol. The lowest BCUT2D eigenvalue weighted by molar-refractivity contribution is -0.469. The van der Waals surface area contributed by atoms with E-state index < -0.39 is 11.7 Å². The first-order valence-electron chi connectivity index (χ1n) is 9.82. The second-order valence-corrected chi connectivity index (χ2v) is 7.25. The third-order valence-electron chi connectivity index (χ3n) is 5.00. The number of nitrogens with zero attached hydrogens (tertiary/aromatic N) is 2. The van der Waals surface area contributed by atoms with Gasteiger partial charge in [-0.2, -0.15) is 13.2 Å². The van der Waals surface area contributed by atoms with Crippen LogP contribution in [0, 0.1) is 5.21 Å². The smallest absolute Gasteiger partial charge is 0.416 e. The predicted octanol–water partition coefficient (Wildman–Crippen LogP) is 6.06. The molecule has 1 aromatic heterocycles. The highest BCUT2D eigenvalue weighted by molar-refractivity contribution is 5.94. The number of hydroxylamine groups is 1. The zero-order valence-corrected chi connectivity index (χ0v) is 17.1. The fourth-order valence-electron chi connectivity index (χ4n) is 3.41. The summed E-state index contributed by atoms with van der Waals surface area (Å²) < 4.78 is 45.0. The molecule has 0 fully saturated rings. The van der Waals surface area contributed by atoms with Gasteiger partial charge in [-0.1, -0.05) is 42.5 Å². The number of fused-ring (bicyclic) bond motifs is 1. The molecule has 0 radical (unpaired) electrons. The van der Waals surface area contributed by atoms with Gasteiger partial charge in [-0.05, 0) is 36.4 Å². The molecule has 4 nitrogen and oxygen atoms in total. The first-order valence-corrected chi connectivity index (χ1v) is 9.82. The van der Waals surface area contributed by atoms with Crippen LogP contribution in [-0.4, -0.2) is 23.0 Å². The SMILES string of the molecule is COc1ccc2nc(-c3ccc(C(F)(F)F)cc3)c(/C=[N+](\[O-])Cc3ccccc3)cc2c1. The van der Waals surface area contributed by atoms with Gasteiger partial charge in [0.2, 0.25) is 0 Å². The summed E-state index contributed by atoms with van der Waals surface area (Å²) in [5.74, 6) is 0.635. The molecule has 0 aliphatic heterocycles. The highest BCUT2D eigenvalue weighted by Gasteiger charge is 2.30. The number of pyridine rings is 1. The van der Waals surface area contributed by atoms with Gasteiger partial charge >= 0.3 is 6.18 Å². The average Bonchev–Trinajstić information content (AvgIpc) is 2.78. The van der Waals surface area contributed by atoms with Crippen molar-refractivity contribution >= 4 is 17.1 Å². The Hall–Kier alpha value is -3.87. The highest BCUT2D eigenvalue weighted by Crippen LogP contribution is 2.32. The van der Waals surface area contributed by atoms with Crippen LogP contribution in [0.2, 0.25) is 0 Å². The lowest BCUT2D eigenvalue weighted by Gasteiger charge is -2.11. The molecule has 0 aliphatic rings. The molecule has 4 rings (SSSR count). The van der Waals surface area contributed by atoms with Crippen LogP contribution in [0.4, 0.5) is 13.2 Å². The largest absolute Gasteiger partial charge is 0.624 e. The number of benzene rings is 3. The van der Waals surface area contributed by atoms with E-state index >= 15 is 0 Å². The molecule has 1 heterocycles. The molecule has 162 valence electrons. The maximum atomic E-state index is 13.0. The minimum Gasteiger partial charge on any atom is -0.624 e. The van der Waals surface area contributed by atoms with Gasteiger partial charge in [0.25, 0.3) is 0 Å². The Labute approximate surface area is 182 Å². The first-order chi connectivity index (χ1) is 15.3. The molecule has 7 heteroatoms. The quantitative estimate of drug-likeness (QED) is 0.165. The monoisotopic (exact) mass is 436 g/mol. The van der Waals surface area contributed by atoms with E-state index in [-0.39, 0.29) is 6.54 Å². The molecule has 4 aromatic rings. The van der Waals surface area contributed by atoms with Crippen molar-refractivity contribution in [3.8, 4) is 17.0 Å². The Bertz CT molecular complexity index is 1270. The van der Waals surface area contributed by atoms with Crippen LogP contribution < -0.4 is 4.74 Å². The molecular weight excluding hydrogens is 417 g/mol. The Morgan fingerprint density at radius 3 is 2.34 bits per heavy atom. The third kappa shape index (κ3) is 4.72. The maximum absolute atomic E-state index is 13.0. The van der Waals surface area contributed by atoms with Gasteiger partial charge in [-0.25, -0.2) is 9.72 Å². The topological polar surface area (TPSA) is 48.2 Å². The average molecular weight is 436 g/mol. The summed E-state index contributed by atoms with van der Waals surface area (Å²) in [6, 6.07) is 21.1. The molecule has 0 unspecified atom stereocenters. The Kier molecular flexibility index (Phi) is 5.81. The number of hydrogen-bond acceptors (Lipinski definition) is 3. The van der Waals surface area contributed by atoms with Crippen molar-refractivity contribution < 1.29 is 22.6 Å². The van der Waals surface area contributed by atoms with E-state index in [2.05, 4.69) is 4.98 Å². The molecule has 0 aliphatic carbocycles. The van der Waals surface area contributed by atoms with Crippen molar-refractivity contribution in [3.05, 3.63) is 101 Å². The number of ether oxygens (including phenoxy) is 1. The van der Waals surface area contributed by atoms with E-state index in [9.17, 15) is 18.4 Å². The van der Waals surface area contributed by atoms with E-state index in [4.69, 9.17) is 4.74 Å². The fourth-order valence-corrected chi connectivity index (χ4v) is 3.41. The second kappa shape index (κ2) is 8.70. The second-order valence-electron chi connectivity index (χ2n) is 7.25. The summed E-state index contributed by atoms with van der Waals surface area (Å²) in [6.45, 7) is 0.128. The molecule has 0 spiro atoms. The summed E-state index contributed by atoms with van der Waals surface area (Å²) in [5.41, 5.74) is 2.13. The Balaban J connectivity index is 1.82. The van der Waals surface area contributed by atoms with E-state index in [1.165, 1.54) is 18.3 Å². The maximum Gasteiger partial charge on any atom is 0.416 e. The first kappa shape index (κ1) is 21.4. The van der Waals surface area contributed by atoms with Gasteiger partial charge in [0.15, 0.2) is 12.8 Å². The van der Waals surface area contributed by atoms with E-state index in [1.54, 1.807) is 31.4 Å². The molecule has 32 heavy (non-hydrogen) atoms. The van der Waals surface area contributed by atoms with Crippen molar-refractivity contribution in [2.24, 2.45) is 0 Å². The van der Waals surface area contributed by atoms with Gasteiger partial charge < -0.3 is 9.94 Å². The van der Waals surface area contributed by atoms with Gasteiger partial charge in [-0.15, -0.1) is 0 Å². The van der Waals surface area contributed by atoms with Crippen LogP contribution in [0.5, 0.6) is 5.75 Å². The third-order valence-corrected chi connectivity index (χ3v) is 5.00. The summed E-state index contributed by atoms with van der Waals surface area (Å²) >= 11 is 0. The minimum atomic E-state index is -4.43. The minimum absolute atomic E-state index is 0.128. The summed E-state index contributed by atoms with van der Waals surface area (Å²) in [4.78, 5) is 4.64. The molecule has 0 atom stereocenters. The van der Waals surface area contributed by atoms with Crippen LogP contribution in [0.25, 0.3) is 22.2 Å². The Morgan fingerprint density at radius 2 is 1.69 bits per heavy atom. The molecule has 0 N–H and O–H groups in total. The zero-order valence-electron chi connectivity index (χ0n) is 17.1. The lowest BCUT2D eigenvalue weighted by Crippen LogP contribution is -2.08. The summed E-state index contributed by atoms with van der Waals surface area (Å²) in [6.07, 6.45) is -3.02. The number of halogens is 3. The molecule has 3 aromatic carbocycles. The molecular formula is C25H19F3N2O2. The van der Waals surface area contributed by atoms with Crippen molar-refractivity contribution in [3.63, 3.8) is 0 Å². The van der Waals surface area contributed by atoms with Crippen LogP contribution >= 0.6 is 0 Å². The molecule has 0 saturated carbocycles. The normalized spacial score (nSPS) is 12.2.